The fourth-order valence-corrected chi connectivity index (χ4v) is 5.10. The predicted molar refractivity (Wildman–Crippen MR) is 93.9 cm³/mol. The molecule has 1 aliphatic carbocycles. The minimum absolute atomic E-state index is 0.0352. The molecule has 1 aromatic rings. The Kier molecular flexibility index (Phi) is 5.38. The van der Waals surface area contributed by atoms with Crippen molar-refractivity contribution in [1.29, 1.82) is 0 Å². The molecule has 3 rings (SSSR count). The van der Waals surface area contributed by atoms with Crippen LogP contribution < -0.4 is 10.6 Å². The van der Waals surface area contributed by atoms with Gasteiger partial charge in [-0.1, -0.05) is 25.7 Å². The highest BCUT2D eigenvalue weighted by Gasteiger charge is 2.29. The van der Waals surface area contributed by atoms with E-state index in [1.807, 2.05) is 6.07 Å². The summed E-state index contributed by atoms with van der Waals surface area (Å²) in [5.74, 6) is 0.723. The van der Waals surface area contributed by atoms with Gasteiger partial charge in [-0.2, -0.15) is 0 Å². The highest BCUT2D eigenvalue weighted by atomic mass is 32.2. The zero-order valence-electron chi connectivity index (χ0n) is 13.8. The monoisotopic (exact) mass is 351 g/mol. The van der Waals surface area contributed by atoms with Crippen molar-refractivity contribution in [2.45, 2.75) is 57.0 Å². The van der Waals surface area contributed by atoms with Crippen LogP contribution in [0.2, 0.25) is 0 Å². The van der Waals surface area contributed by atoms with E-state index in [0.29, 0.717) is 18.0 Å². The van der Waals surface area contributed by atoms with Gasteiger partial charge in [-0.25, -0.2) is 13.4 Å². The van der Waals surface area contributed by atoms with Crippen LogP contribution in [0.5, 0.6) is 0 Å². The maximum Gasteiger partial charge on any atom is 0.253 e. The lowest BCUT2D eigenvalue weighted by Crippen LogP contribution is -2.35. The maximum atomic E-state index is 12.2. The SMILES string of the molecule is O=C(NC1CCS(=O)(=O)C1)c1ccc(NC2CCCCCC2)nc1. The number of carbonyl (C=O) groups is 1. The highest BCUT2D eigenvalue weighted by molar-refractivity contribution is 7.91. The van der Waals surface area contributed by atoms with Crippen molar-refractivity contribution in [3.8, 4) is 0 Å². The van der Waals surface area contributed by atoms with Gasteiger partial charge in [0.1, 0.15) is 5.82 Å². The number of hydrogen-bond acceptors (Lipinski definition) is 5. The maximum absolute atomic E-state index is 12.2. The topological polar surface area (TPSA) is 88.2 Å². The second-order valence-electron chi connectivity index (χ2n) is 6.84. The van der Waals surface area contributed by atoms with Gasteiger partial charge < -0.3 is 10.6 Å². The molecule has 0 bridgehead atoms. The van der Waals surface area contributed by atoms with E-state index in [9.17, 15) is 13.2 Å². The van der Waals surface area contributed by atoms with Crippen LogP contribution in [-0.2, 0) is 9.84 Å². The number of rotatable bonds is 4. The summed E-state index contributed by atoms with van der Waals surface area (Å²) in [5, 5.41) is 6.23. The third-order valence-electron chi connectivity index (χ3n) is 4.80. The number of aromatic nitrogens is 1. The van der Waals surface area contributed by atoms with E-state index in [1.165, 1.54) is 38.5 Å². The molecule has 6 nitrogen and oxygen atoms in total. The van der Waals surface area contributed by atoms with Gasteiger partial charge in [0.2, 0.25) is 0 Å². The number of nitrogens with zero attached hydrogens (tertiary/aromatic N) is 1. The van der Waals surface area contributed by atoms with Gasteiger partial charge >= 0.3 is 0 Å². The number of pyridine rings is 1. The minimum atomic E-state index is -2.99. The molecule has 2 heterocycles. The van der Waals surface area contributed by atoms with E-state index < -0.39 is 9.84 Å². The predicted octanol–water partition coefficient (Wildman–Crippen LogP) is 2.13. The molecule has 0 spiro atoms. The van der Waals surface area contributed by atoms with Gasteiger partial charge in [-0.05, 0) is 31.4 Å². The molecular weight excluding hydrogens is 326 g/mol. The largest absolute Gasteiger partial charge is 0.367 e. The van der Waals surface area contributed by atoms with Crippen LogP contribution in [0.25, 0.3) is 0 Å². The smallest absolute Gasteiger partial charge is 0.253 e. The van der Waals surface area contributed by atoms with Crippen molar-refractivity contribution in [2.24, 2.45) is 0 Å². The fraction of sp³-hybridized carbons (Fsp3) is 0.647. The van der Waals surface area contributed by atoms with Crippen molar-refractivity contribution in [1.82, 2.24) is 10.3 Å². The summed E-state index contributed by atoms with van der Waals surface area (Å²) in [4.78, 5) is 16.5. The number of sulfone groups is 1. The van der Waals surface area contributed by atoms with Crippen molar-refractivity contribution in [3.63, 3.8) is 0 Å². The van der Waals surface area contributed by atoms with Gasteiger partial charge in [0.15, 0.2) is 9.84 Å². The molecule has 24 heavy (non-hydrogen) atoms. The lowest BCUT2D eigenvalue weighted by Gasteiger charge is -2.17. The molecule has 1 aliphatic heterocycles. The zero-order chi connectivity index (χ0) is 17.0. The van der Waals surface area contributed by atoms with Crippen LogP contribution in [0.3, 0.4) is 0 Å². The van der Waals surface area contributed by atoms with Crippen LogP contribution in [0.15, 0.2) is 18.3 Å². The first-order valence-corrected chi connectivity index (χ1v) is 10.6. The normalized spacial score (nSPS) is 24.2. The number of carbonyl (C=O) groups excluding carboxylic acids is 1. The van der Waals surface area contributed by atoms with E-state index in [0.717, 1.165) is 5.82 Å². The summed E-state index contributed by atoms with van der Waals surface area (Å²) in [6.45, 7) is 0. The van der Waals surface area contributed by atoms with E-state index in [-0.39, 0.29) is 23.5 Å². The number of anilines is 1. The number of amides is 1. The van der Waals surface area contributed by atoms with Gasteiger partial charge in [0.05, 0.1) is 17.1 Å². The summed E-state index contributed by atoms with van der Waals surface area (Å²) in [5.41, 5.74) is 0.464. The van der Waals surface area contributed by atoms with Crippen LogP contribution in [0, 0.1) is 0 Å². The Labute approximate surface area is 143 Å². The van der Waals surface area contributed by atoms with Gasteiger partial charge in [0.25, 0.3) is 5.91 Å². The molecule has 0 radical (unpaired) electrons. The fourth-order valence-electron chi connectivity index (χ4n) is 3.42. The van der Waals surface area contributed by atoms with Gasteiger partial charge in [-0.15, -0.1) is 0 Å². The Bertz CT molecular complexity index is 665. The zero-order valence-corrected chi connectivity index (χ0v) is 14.6. The summed E-state index contributed by atoms with van der Waals surface area (Å²) in [7, 11) is -2.99. The van der Waals surface area contributed by atoms with Gasteiger partial charge in [-0.3, -0.25) is 4.79 Å². The third-order valence-corrected chi connectivity index (χ3v) is 6.57. The molecule has 1 aromatic heterocycles. The number of hydrogen-bond donors (Lipinski definition) is 2. The molecule has 2 aliphatic rings. The van der Waals surface area contributed by atoms with E-state index >= 15 is 0 Å². The van der Waals surface area contributed by atoms with E-state index in [4.69, 9.17) is 0 Å². The van der Waals surface area contributed by atoms with Crippen molar-refractivity contribution in [3.05, 3.63) is 23.9 Å². The van der Waals surface area contributed by atoms with Crippen molar-refractivity contribution in [2.75, 3.05) is 16.8 Å². The first kappa shape index (κ1) is 17.2. The molecule has 132 valence electrons. The molecular formula is C17H25N3O3S. The Morgan fingerprint density at radius 1 is 1.04 bits per heavy atom. The molecule has 1 unspecified atom stereocenters. The van der Waals surface area contributed by atoms with E-state index in [1.54, 1.807) is 12.3 Å². The Balaban J connectivity index is 1.54. The third kappa shape index (κ3) is 4.69. The molecule has 1 atom stereocenters. The van der Waals surface area contributed by atoms with Crippen LogP contribution >= 0.6 is 0 Å². The van der Waals surface area contributed by atoms with Gasteiger partial charge in [0, 0.05) is 18.3 Å². The molecule has 1 amide bonds. The molecule has 1 saturated carbocycles. The van der Waals surface area contributed by atoms with Crippen molar-refractivity contribution >= 4 is 21.6 Å². The second kappa shape index (κ2) is 7.51. The van der Waals surface area contributed by atoms with Crippen LogP contribution in [0.4, 0.5) is 5.82 Å². The van der Waals surface area contributed by atoms with E-state index in [2.05, 4.69) is 15.6 Å². The van der Waals surface area contributed by atoms with Crippen LogP contribution in [0.1, 0.15) is 55.3 Å². The summed E-state index contributed by atoms with van der Waals surface area (Å²) in [6, 6.07) is 3.74. The Hall–Kier alpha value is -1.63. The quantitative estimate of drug-likeness (QED) is 0.812. The standard InChI is InChI=1S/C17H25N3O3S/c21-17(20-15-9-10-24(22,23)12-15)13-7-8-16(18-11-13)19-14-5-3-1-2-4-6-14/h7-8,11,14-15H,1-6,9-10,12H2,(H,18,19)(H,20,21). The van der Waals surface area contributed by atoms with Crippen molar-refractivity contribution < 1.29 is 13.2 Å². The second-order valence-corrected chi connectivity index (χ2v) is 9.07. The summed E-state index contributed by atoms with van der Waals surface area (Å²) in [6.07, 6.45) is 9.49. The summed E-state index contributed by atoms with van der Waals surface area (Å²) < 4.78 is 22.9. The molecule has 1 saturated heterocycles. The number of nitrogens with one attached hydrogen (secondary N) is 2. The average molecular weight is 351 g/mol. The molecule has 7 heteroatoms. The Morgan fingerprint density at radius 2 is 1.79 bits per heavy atom. The highest BCUT2D eigenvalue weighted by Crippen LogP contribution is 2.20. The minimum Gasteiger partial charge on any atom is -0.367 e. The lowest BCUT2D eigenvalue weighted by molar-refractivity contribution is 0.0941. The van der Waals surface area contributed by atoms with Crippen LogP contribution in [-0.4, -0.2) is 42.9 Å². The molecule has 2 N–H and O–H groups in total. The first-order chi connectivity index (χ1) is 11.5. The molecule has 0 aromatic carbocycles. The summed E-state index contributed by atoms with van der Waals surface area (Å²) >= 11 is 0. The average Bonchev–Trinajstić information content (AvgIpc) is 2.75. The first-order valence-electron chi connectivity index (χ1n) is 8.76. The molecule has 2 fully saturated rings. The Morgan fingerprint density at radius 3 is 2.38 bits per heavy atom. The lowest BCUT2D eigenvalue weighted by atomic mass is 10.1.